The molecule has 168 valence electrons. The van der Waals surface area contributed by atoms with Crippen LogP contribution >= 0.6 is 11.6 Å². The van der Waals surface area contributed by atoms with Gasteiger partial charge in [0.05, 0.1) is 19.9 Å². The van der Waals surface area contributed by atoms with Gasteiger partial charge in [-0.2, -0.15) is 4.68 Å². The highest BCUT2D eigenvalue weighted by Gasteiger charge is 2.17. The van der Waals surface area contributed by atoms with Crippen molar-refractivity contribution in [1.82, 2.24) is 15.1 Å². The van der Waals surface area contributed by atoms with Crippen LogP contribution in [0.4, 0.5) is 0 Å². The third kappa shape index (κ3) is 5.39. The van der Waals surface area contributed by atoms with Crippen molar-refractivity contribution in [2.45, 2.75) is 26.5 Å². The summed E-state index contributed by atoms with van der Waals surface area (Å²) in [6.45, 7) is 3.66. The molecular formula is C23H24ClN3O5. The van der Waals surface area contributed by atoms with E-state index in [-0.39, 0.29) is 23.9 Å². The van der Waals surface area contributed by atoms with Gasteiger partial charge in [0.25, 0.3) is 11.5 Å². The Morgan fingerprint density at radius 3 is 2.62 bits per heavy atom. The average molecular weight is 458 g/mol. The van der Waals surface area contributed by atoms with Gasteiger partial charge in [-0.1, -0.05) is 17.7 Å². The topological polar surface area (TPSA) is 91.7 Å². The van der Waals surface area contributed by atoms with Crippen LogP contribution in [0.1, 0.15) is 18.1 Å². The zero-order valence-electron chi connectivity index (χ0n) is 18.2. The Kier molecular flexibility index (Phi) is 7.37. The molecule has 0 saturated heterocycles. The Morgan fingerprint density at radius 1 is 1.12 bits per heavy atom. The molecule has 1 N–H and O–H groups in total. The molecule has 32 heavy (non-hydrogen) atoms. The van der Waals surface area contributed by atoms with E-state index in [0.717, 1.165) is 11.1 Å². The van der Waals surface area contributed by atoms with Crippen molar-refractivity contribution in [2.24, 2.45) is 0 Å². The Balaban J connectivity index is 1.72. The van der Waals surface area contributed by atoms with Crippen molar-refractivity contribution in [3.05, 3.63) is 75.0 Å². The Morgan fingerprint density at radius 2 is 1.91 bits per heavy atom. The molecule has 0 unspecified atom stereocenters. The van der Waals surface area contributed by atoms with Crippen molar-refractivity contribution in [3.8, 4) is 23.1 Å². The molecule has 2 aromatic carbocycles. The molecule has 3 rings (SSSR count). The van der Waals surface area contributed by atoms with Crippen LogP contribution in [0.3, 0.4) is 0 Å². The molecule has 0 aliphatic heterocycles. The number of aromatic nitrogens is 2. The Bertz CT molecular complexity index is 1180. The number of hydrogen-bond donors (Lipinski definition) is 1. The lowest BCUT2D eigenvalue weighted by Gasteiger charge is -2.16. The molecule has 0 bridgehead atoms. The summed E-state index contributed by atoms with van der Waals surface area (Å²) >= 11 is 6.07. The van der Waals surface area contributed by atoms with E-state index in [0.29, 0.717) is 22.2 Å². The predicted octanol–water partition coefficient (Wildman–Crippen LogP) is 3.30. The fourth-order valence-electron chi connectivity index (χ4n) is 3.02. The van der Waals surface area contributed by atoms with Crippen LogP contribution in [-0.4, -0.2) is 36.0 Å². The number of hydrogen-bond acceptors (Lipinski definition) is 6. The molecule has 1 atom stereocenters. The van der Waals surface area contributed by atoms with Gasteiger partial charge >= 0.3 is 0 Å². The highest BCUT2D eigenvalue weighted by molar-refractivity contribution is 6.30. The van der Waals surface area contributed by atoms with E-state index in [4.69, 9.17) is 25.8 Å². The van der Waals surface area contributed by atoms with Crippen LogP contribution in [-0.2, 0) is 11.3 Å². The maximum atomic E-state index is 12.6. The normalized spacial score (nSPS) is 11.5. The van der Waals surface area contributed by atoms with Crippen LogP contribution in [0.25, 0.3) is 5.69 Å². The predicted molar refractivity (Wildman–Crippen MR) is 121 cm³/mol. The molecule has 0 aliphatic rings. The third-order valence-electron chi connectivity index (χ3n) is 4.78. The second-order valence-corrected chi connectivity index (χ2v) is 7.44. The van der Waals surface area contributed by atoms with E-state index in [9.17, 15) is 9.59 Å². The zero-order chi connectivity index (χ0) is 23.3. The number of ether oxygens (including phenoxy) is 3. The second-order valence-electron chi connectivity index (χ2n) is 7.01. The average Bonchev–Trinajstić information content (AvgIpc) is 2.80. The Labute approximate surface area is 190 Å². The number of benzene rings is 2. The van der Waals surface area contributed by atoms with Crippen LogP contribution in [0.2, 0.25) is 5.02 Å². The first kappa shape index (κ1) is 23.1. The number of amides is 1. The molecule has 1 heterocycles. The van der Waals surface area contributed by atoms with Crippen molar-refractivity contribution < 1.29 is 19.0 Å². The maximum Gasteiger partial charge on any atom is 0.271 e. The number of halogens is 1. The molecular weight excluding hydrogens is 434 g/mol. The van der Waals surface area contributed by atoms with E-state index >= 15 is 0 Å². The number of nitrogens with zero attached hydrogens (tertiary/aromatic N) is 2. The summed E-state index contributed by atoms with van der Waals surface area (Å²) in [5, 5.41) is 7.53. The van der Waals surface area contributed by atoms with Crippen molar-refractivity contribution >= 4 is 17.5 Å². The van der Waals surface area contributed by atoms with Crippen molar-refractivity contribution in [3.63, 3.8) is 0 Å². The van der Waals surface area contributed by atoms with Gasteiger partial charge in [-0.25, -0.2) is 0 Å². The van der Waals surface area contributed by atoms with Gasteiger partial charge in [-0.05, 0) is 49.7 Å². The van der Waals surface area contributed by atoms with E-state index in [1.54, 1.807) is 57.5 Å². The number of rotatable bonds is 8. The first-order valence-electron chi connectivity index (χ1n) is 9.84. The number of aryl methyl sites for hydroxylation is 1. The second kappa shape index (κ2) is 10.2. The largest absolute Gasteiger partial charge is 0.497 e. The minimum absolute atomic E-state index is 0.130. The third-order valence-corrected chi connectivity index (χ3v) is 5.02. The lowest BCUT2D eigenvalue weighted by atomic mass is 10.2. The number of carbonyl (C=O) groups excluding carboxylic acids is 1. The molecule has 9 heteroatoms. The van der Waals surface area contributed by atoms with E-state index in [2.05, 4.69) is 10.4 Å². The summed E-state index contributed by atoms with van der Waals surface area (Å²) in [6.07, 6.45) is -0.856. The molecule has 0 spiro atoms. The summed E-state index contributed by atoms with van der Waals surface area (Å²) < 4.78 is 17.4. The summed E-state index contributed by atoms with van der Waals surface area (Å²) in [6, 6.07) is 13.3. The molecule has 8 nitrogen and oxygen atoms in total. The number of carbonyl (C=O) groups is 1. The fourth-order valence-corrected chi connectivity index (χ4v) is 3.19. The highest BCUT2D eigenvalue weighted by Crippen LogP contribution is 2.24. The first-order chi connectivity index (χ1) is 15.3. The van der Waals surface area contributed by atoms with Crippen LogP contribution in [0.5, 0.6) is 17.4 Å². The van der Waals surface area contributed by atoms with E-state index < -0.39 is 6.10 Å². The quantitative estimate of drug-likeness (QED) is 0.558. The van der Waals surface area contributed by atoms with Gasteiger partial charge in [0.15, 0.2) is 6.10 Å². The minimum Gasteiger partial charge on any atom is -0.497 e. The number of methoxy groups -OCH3 is 2. The molecule has 3 aromatic rings. The molecule has 1 aromatic heterocycles. The molecule has 1 amide bonds. The van der Waals surface area contributed by atoms with Crippen molar-refractivity contribution in [2.75, 3.05) is 14.2 Å². The highest BCUT2D eigenvalue weighted by atomic mass is 35.5. The van der Waals surface area contributed by atoms with Gasteiger partial charge < -0.3 is 19.5 Å². The molecule has 0 saturated carbocycles. The fraction of sp³-hybridized carbons (Fsp3) is 0.261. The van der Waals surface area contributed by atoms with Gasteiger partial charge in [0.1, 0.15) is 11.5 Å². The molecule has 0 fully saturated rings. The van der Waals surface area contributed by atoms with Crippen LogP contribution < -0.4 is 25.1 Å². The molecule has 0 aliphatic carbocycles. The molecule has 0 radical (unpaired) electrons. The standard InChI is InChI=1S/C23H24ClN3O5/c1-14-5-6-17(24)12-19(14)27-22(28)10-9-21(26-27)32-15(2)23(29)25-13-16-11-18(30-3)7-8-20(16)31-4/h5-12,15H,13H2,1-4H3,(H,25,29)/t15-/m1/s1. The number of nitrogens with one attached hydrogen (secondary N) is 1. The summed E-state index contributed by atoms with van der Waals surface area (Å²) in [7, 11) is 3.12. The monoisotopic (exact) mass is 457 g/mol. The van der Waals surface area contributed by atoms with Gasteiger partial charge in [0.2, 0.25) is 5.88 Å². The summed E-state index contributed by atoms with van der Waals surface area (Å²) in [5.41, 5.74) is 1.77. The Hall–Kier alpha value is -3.52. The smallest absolute Gasteiger partial charge is 0.271 e. The van der Waals surface area contributed by atoms with Gasteiger partial charge in [-0.3, -0.25) is 9.59 Å². The zero-order valence-corrected chi connectivity index (χ0v) is 19.0. The van der Waals surface area contributed by atoms with Crippen molar-refractivity contribution in [1.29, 1.82) is 0 Å². The summed E-state index contributed by atoms with van der Waals surface area (Å²) in [4.78, 5) is 24.9. The summed E-state index contributed by atoms with van der Waals surface area (Å²) in [5.74, 6) is 1.06. The van der Waals surface area contributed by atoms with Crippen LogP contribution in [0, 0.1) is 6.92 Å². The first-order valence-corrected chi connectivity index (χ1v) is 10.2. The van der Waals surface area contributed by atoms with Crippen LogP contribution in [0.15, 0.2) is 53.3 Å². The maximum absolute atomic E-state index is 12.6. The van der Waals surface area contributed by atoms with E-state index in [1.165, 1.54) is 16.8 Å². The minimum atomic E-state index is -0.856. The van der Waals surface area contributed by atoms with E-state index in [1.807, 2.05) is 6.92 Å². The SMILES string of the molecule is COc1ccc(OC)c(CNC(=O)[C@@H](C)Oc2ccc(=O)n(-c3cc(Cl)ccc3C)n2)c1. The lowest BCUT2D eigenvalue weighted by molar-refractivity contribution is -0.127. The van der Waals surface area contributed by atoms with Gasteiger partial charge in [0, 0.05) is 29.3 Å². The lowest BCUT2D eigenvalue weighted by Crippen LogP contribution is -2.36. The van der Waals surface area contributed by atoms with Gasteiger partial charge in [-0.15, -0.1) is 5.10 Å².